The van der Waals surface area contributed by atoms with Gasteiger partial charge in [0.05, 0.1) is 29.7 Å². The predicted molar refractivity (Wildman–Crippen MR) is 229 cm³/mol. The van der Waals surface area contributed by atoms with E-state index in [1.165, 1.54) is 50.4 Å². The number of rotatable bonds is 16. The highest BCUT2D eigenvalue weighted by Gasteiger charge is 2.55. The van der Waals surface area contributed by atoms with Gasteiger partial charge in [0, 0.05) is 24.5 Å². The van der Waals surface area contributed by atoms with Crippen LogP contribution in [0.3, 0.4) is 0 Å². The van der Waals surface area contributed by atoms with Crippen LogP contribution in [0.5, 0.6) is 11.5 Å². The average Bonchev–Trinajstić information content (AvgIpc) is 3.33. The molecule has 13 heteroatoms. The molecule has 0 aromatic heterocycles. The van der Waals surface area contributed by atoms with Gasteiger partial charge in [-0.25, -0.2) is 18.8 Å². The second kappa shape index (κ2) is 21.0. The van der Waals surface area contributed by atoms with Gasteiger partial charge >= 0.3 is 23.9 Å². The van der Waals surface area contributed by atoms with Crippen LogP contribution in [0.1, 0.15) is 65.0 Å². The predicted octanol–water partition coefficient (Wildman–Crippen LogP) is 8.40. The molecule has 0 amide bonds. The summed E-state index contributed by atoms with van der Waals surface area (Å²) in [5.74, 6) is -5.50. The summed E-state index contributed by atoms with van der Waals surface area (Å²) in [7, 11) is 1.52. The fourth-order valence-corrected chi connectivity index (χ4v) is 7.15. The Morgan fingerprint density at radius 2 is 1.11 bits per heavy atom. The van der Waals surface area contributed by atoms with Gasteiger partial charge in [0.2, 0.25) is 12.4 Å². The zero-order valence-electron chi connectivity index (χ0n) is 34.8. The van der Waals surface area contributed by atoms with Crippen LogP contribution in [-0.2, 0) is 41.5 Å². The molecule has 1 heterocycles. The molecule has 7 rings (SSSR count). The minimum Gasteiger partial charge on any atom is -0.497 e. The maximum atomic E-state index is 16.4. The van der Waals surface area contributed by atoms with Gasteiger partial charge < -0.3 is 33.2 Å². The summed E-state index contributed by atoms with van der Waals surface area (Å²) in [6.45, 7) is 0.309. The average molecular weight is 867 g/mol. The molecule has 1 aliphatic rings. The molecule has 0 unspecified atom stereocenters. The smallest absolute Gasteiger partial charge is 0.338 e. The highest BCUT2D eigenvalue weighted by molar-refractivity contribution is 5.99. The Hall–Kier alpha value is -7.64. The first kappa shape index (κ1) is 44.4. The van der Waals surface area contributed by atoms with Crippen molar-refractivity contribution in [3.05, 3.63) is 202 Å². The van der Waals surface area contributed by atoms with E-state index >= 15 is 4.39 Å². The lowest BCUT2D eigenvalue weighted by Crippen LogP contribution is -2.62. The number of esters is 4. The highest BCUT2D eigenvalue weighted by Crippen LogP contribution is 2.38. The Labute approximate surface area is 368 Å². The van der Waals surface area contributed by atoms with Crippen LogP contribution in [-0.4, -0.2) is 68.0 Å². The molecular formula is C51H43FO12. The van der Waals surface area contributed by atoms with Crippen LogP contribution in [0.25, 0.3) is 0 Å². The third-order valence-electron chi connectivity index (χ3n) is 10.3. The second-order valence-corrected chi connectivity index (χ2v) is 14.7. The van der Waals surface area contributed by atoms with E-state index in [0.717, 1.165) is 0 Å². The van der Waals surface area contributed by atoms with Gasteiger partial charge in [0.25, 0.3) is 0 Å². The van der Waals surface area contributed by atoms with E-state index in [1.54, 1.807) is 121 Å². The molecular weight excluding hydrogens is 824 g/mol. The lowest BCUT2D eigenvalue weighted by Gasteiger charge is -2.44. The topological polar surface area (TPSA) is 150 Å². The van der Waals surface area contributed by atoms with Crippen molar-refractivity contribution in [2.75, 3.05) is 13.7 Å². The highest BCUT2D eigenvalue weighted by atomic mass is 19.1. The van der Waals surface area contributed by atoms with Gasteiger partial charge in [-0.2, -0.15) is 0 Å². The van der Waals surface area contributed by atoms with Crippen molar-refractivity contribution in [3.63, 3.8) is 0 Å². The molecule has 1 aliphatic heterocycles. The van der Waals surface area contributed by atoms with E-state index in [1.807, 2.05) is 0 Å². The summed E-state index contributed by atoms with van der Waals surface area (Å²) < 4.78 is 58.4. The van der Waals surface area contributed by atoms with Gasteiger partial charge in [-0.1, -0.05) is 97.1 Å². The van der Waals surface area contributed by atoms with Crippen LogP contribution >= 0.6 is 0 Å². The van der Waals surface area contributed by atoms with Gasteiger partial charge in [-0.15, -0.1) is 0 Å². The number of hydrogen-bond acceptors (Lipinski definition) is 12. The third-order valence-corrected chi connectivity index (χ3v) is 10.3. The number of ketones is 1. The molecule has 0 bridgehead atoms. The second-order valence-electron chi connectivity index (χ2n) is 14.7. The number of hydrogen-bond donors (Lipinski definition) is 0. The van der Waals surface area contributed by atoms with Crippen molar-refractivity contribution in [1.82, 2.24) is 0 Å². The van der Waals surface area contributed by atoms with E-state index in [2.05, 4.69) is 0 Å². The van der Waals surface area contributed by atoms with Gasteiger partial charge in [0.1, 0.15) is 36.6 Å². The SMILES string of the molecule is COc1ccc(Cc2c(F)cc(COC(C)=O)cc2O[C@H]2O[C@H](COC(=O)c3ccccc3)[C@@H](C(=O)c3ccccc3)[C@H](OC(=O)c3ccccc3)[C@H]2OC(=O)c2ccccc2)cc1. The molecule has 6 aromatic carbocycles. The maximum absolute atomic E-state index is 16.4. The fourth-order valence-electron chi connectivity index (χ4n) is 7.15. The van der Waals surface area contributed by atoms with Crippen molar-refractivity contribution in [1.29, 1.82) is 0 Å². The van der Waals surface area contributed by atoms with E-state index in [-0.39, 0.29) is 52.2 Å². The van der Waals surface area contributed by atoms with E-state index in [0.29, 0.717) is 11.3 Å². The number of carbonyl (C=O) groups excluding carboxylic acids is 5. The lowest BCUT2D eigenvalue weighted by molar-refractivity contribution is -0.254. The first-order valence-corrected chi connectivity index (χ1v) is 20.3. The monoisotopic (exact) mass is 866 g/mol. The summed E-state index contributed by atoms with van der Waals surface area (Å²) in [6.07, 6.45) is -6.62. The minimum absolute atomic E-state index is 0.0279. The van der Waals surface area contributed by atoms with Crippen LogP contribution in [0.15, 0.2) is 158 Å². The molecule has 1 saturated heterocycles. The number of Topliss-reactive ketones (excluding diaryl/α,β-unsaturated/α-hetero) is 1. The summed E-state index contributed by atoms with van der Waals surface area (Å²) in [5, 5.41) is 0. The zero-order valence-corrected chi connectivity index (χ0v) is 34.8. The van der Waals surface area contributed by atoms with Crippen LogP contribution in [0, 0.1) is 11.7 Å². The Morgan fingerprint density at radius 1 is 0.594 bits per heavy atom. The van der Waals surface area contributed by atoms with Crippen LogP contribution in [0.4, 0.5) is 4.39 Å². The number of methoxy groups -OCH3 is 1. The number of benzene rings is 6. The zero-order chi connectivity index (χ0) is 45.0. The van der Waals surface area contributed by atoms with Crippen molar-refractivity contribution in [3.8, 4) is 11.5 Å². The first-order chi connectivity index (χ1) is 31.1. The fraction of sp³-hybridized carbons (Fsp3) is 0.196. The summed E-state index contributed by atoms with van der Waals surface area (Å²) in [6, 6.07) is 41.7. The third kappa shape index (κ3) is 11.0. The minimum atomic E-state index is -1.76. The normalized spacial score (nSPS) is 17.9. The molecule has 5 atom stereocenters. The van der Waals surface area contributed by atoms with E-state index in [4.69, 9.17) is 33.2 Å². The number of halogens is 1. The summed E-state index contributed by atoms with van der Waals surface area (Å²) in [4.78, 5) is 68.3. The van der Waals surface area contributed by atoms with E-state index in [9.17, 15) is 24.0 Å². The maximum Gasteiger partial charge on any atom is 0.338 e. The van der Waals surface area contributed by atoms with E-state index < -0.39 is 72.6 Å². The summed E-state index contributed by atoms with van der Waals surface area (Å²) in [5.41, 5.74) is 1.50. The molecule has 0 saturated carbocycles. The molecule has 64 heavy (non-hydrogen) atoms. The molecule has 326 valence electrons. The number of carbonyl (C=O) groups is 5. The van der Waals surface area contributed by atoms with Gasteiger partial charge in [0.15, 0.2) is 11.9 Å². The summed E-state index contributed by atoms with van der Waals surface area (Å²) >= 11 is 0. The number of ether oxygens (including phenoxy) is 7. The van der Waals surface area contributed by atoms with Gasteiger partial charge in [-0.05, 0) is 71.8 Å². The molecule has 6 aromatic rings. The lowest BCUT2D eigenvalue weighted by atomic mass is 9.82. The molecule has 0 aliphatic carbocycles. The van der Waals surface area contributed by atoms with Crippen molar-refractivity contribution < 1.29 is 61.5 Å². The molecule has 0 N–H and O–H groups in total. The Morgan fingerprint density at radius 3 is 1.64 bits per heavy atom. The Balaban J connectivity index is 1.37. The Bertz CT molecular complexity index is 2550. The molecule has 1 fully saturated rings. The molecule has 0 spiro atoms. The Kier molecular flexibility index (Phi) is 14.5. The quantitative estimate of drug-likeness (QED) is 0.0522. The van der Waals surface area contributed by atoms with Crippen LogP contribution < -0.4 is 9.47 Å². The molecule has 12 nitrogen and oxygen atoms in total. The first-order valence-electron chi connectivity index (χ1n) is 20.3. The molecule has 0 radical (unpaired) electrons. The van der Waals surface area contributed by atoms with Crippen LogP contribution in [0.2, 0.25) is 0 Å². The van der Waals surface area contributed by atoms with Crippen molar-refractivity contribution in [2.24, 2.45) is 5.92 Å². The van der Waals surface area contributed by atoms with Crippen molar-refractivity contribution in [2.45, 2.75) is 44.6 Å². The van der Waals surface area contributed by atoms with Crippen molar-refractivity contribution >= 4 is 29.7 Å². The van der Waals surface area contributed by atoms with Gasteiger partial charge in [-0.3, -0.25) is 9.59 Å². The largest absolute Gasteiger partial charge is 0.497 e. The standard InChI is InChI=1S/C51H43FO12/c1-32(53)59-30-34-28-41(52)40(27-33-23-25-39(58-2)26-24-33)42(29-34)61-51-47(64-50(57)38-21-13-6-14-22-38)46(63-49(56)37-19-11-5-12-20-37)44(45(54)35-15-7-3-8-16-35)43(62-51)31-60-48(55)36-17-9-4-10-18-36/h3-26,28-29,43-44,46-47,51H,27,30-31H2,1-2H3/t43-,44+,46+,47-,51+/m1/s1.